The molecule has 0 bridgehead atoms. The van der Waals surface area contributed by atoms with Crippen molar-refractivity contribution in [1.29, 1.82) is 0 Å². The first-order chi connectivity index (χ1) is 7.50. The molecule has 1 rings (SSSR count). The normalized spacial score (nSPS) is 13.9. The van der Waals surface area contributed by atoms with Crippen LogP contribution in [-0.4, -0.2) is 29.1 Å². The number of rotatable bonds is 4. The summed E-state index contributed by atoms with van der Waals surface area (Å²) in [6, 6.07) is 3.41. The van der Waals surface area contributed by atoms with Crippen molar-refractivity contribution >= 4 is 11.9 Å². The number of hydrogen-bond donors (Lipinski definition) is 1. The number of methoxy groups -OCH3 is 1. The van der Waals surface area contributed by atoms with E-state index in [0.717, 1.165) is 0 Å². The van der Waals surface area contributed by atoms with Crippen LogP contribution in [0.15, 0.2) is 24.5 Å². The molecule has 0 saturated heterocycles. The number of carbonyl (C=O) groups excluding carboxylic acids is 1. The minimum atomic E-state index is -1.57. The number of carbonyl (C=O) groups is 2. The minimum Gasteiger partial charge on any atom is -0.480 e. The molecule has 16 heavy (non-hydrogen) atoms. The quantitative estimate of drug-likeness (QED) is 0.606. The Hall–Kier alpha value is -1.91. The summed E-state index contributed by atoms with van der Waals surface area (Å²) >= 11 is 0. The predicted molar refractivity (Wildman–Crippen MR) is 55.7 cm³/mol. The van der Waals surface area contributed by atoms with Gasteiger partial charge in [-0.1, -0.05) is 6.07 Å². The van der Waals surface area contributed by atoms with Crippen molar-refractivity contribution in [2.24, 2.45) is 5.41 Å². The molecule has 0 amide bonds. The van der Waals surface area contributed by atoms with Gasteiger partial charge in [0.25, 0.3) is 0 Å². The monoisotopic (exact) mass is 223 g/mol. The van der Waals surface area contributed by atoms with Gasteiger partial charge in [0.15, 0.2) is 5.41 Å². The number of aromatic nitrogens is 1. The first kappa shape index (κ1) is 12.2. The van der Waals surface area contributed by atoms with Crippen molar-refractivity contribution in [3.63, 3.8) is 0 Å². The standard InChI is InChI=1S/C11H13NO4/c1-11(9(13)14,10(15)16-2)6-8-4-3-5-12-7-8/h3-5,7H,6H2,1-2H3,(H,13,14). The summed E-state index contributed by atoms with van der Waals surface area (Å²) in [5.74, 6) is -1.97. The molecule has 0 aromatic carbocycles. The fraction of sp³-hybridized carbons (Fsp3) is 0.364. The van der Waals surface area contributed by atoms with E-state index in [-0.39, 0.29) is 6.42 Å². The maximum atomic E-state index is 11.5. The van der Waals surface area contributed by atoms with Crippen molar-refractivity contribution in [2.75, 3.05) is 7.11 Å². The Balaban J connectivity index is 2.97. The molecule has 0 fully saturated rings. The second-order valence-electron chi connectivity index (χ2n) is 3.67. The molecule has 0 aliphatic rings. The molecule has 1 unspecified atom stereocenters. The molecular weight excluding hydrogens is 210 g/mol. The van der Waals surface area contributed by atoms with Crippen LogP contribution < -0.4 is 0 Å². The Labute approximate surface area is 93.1 Å². The third-order valence-electron chi connectivity index (χ3n) is 2.39. The minimum absolute atomic E-state index is 0.0584. The SMILES string of the molecule is COC(=O)C(C)(Cc1cccnc1)C(=O)O. The van der Waals surface area contributed by atoms with Gasteiger partial charge in [0.1, 0.15) is 0 Å². The zero-order valence-electron chi connectivity index (χ0n) is 9.14. The van der Waals surface area contributed by atoms with Gasteiger partial charge in [0, 0.05) is 18.8 Å². The third kappa shape index (κ3) is 2.36. The van der Waals surface area contributed by atoms with Gasteiger partial charge in [0.2, 0.25) is 0 Å². The second kappa shape index (κ2) is 4.74. The van der Waals surface area contributed by atoms with Crippen LogP contribution in [0.5, 0.6) is 0 Å². The topological polar surface area (TPSA) is 76.5 Å². The van der Waals surface area contributed by atoms with E-state index in [1.165, 1.54) is 20.2 Å². The van der Waals surface area contributed by atoms with Gasteiger partial charge in [-0.2, -0.15) is 0 Å². The summed E-state index contributed by atoms with van der Waals surface area (Å²) in [4.78, 5) is 26.4. The van der Waals surface area contributed by atoms with E-state index in [1.807, 2.05) is 0 Å². The average molecular weight is 223 g/mol. The van der Waals surface area contributed by atoms with Gasteiger partial charge in [-0.25, -0.2) is 0 Å². The number of ether oxygens (including phenoxy) is 1. The molecule has 86 valence electrons. The number of aliphatic carboxylic acids is 1. The lowest BCUT2D eigenvalue weighted by Crippen LogP contribution is -2.39. The van der Waals surface area contributed by atoms with E-state index < -0.39 is 17.4 Å². The average Bonchev–Trinajstić information content (AvgIpc) is 2.28. The number of carboxylic acid groups (broad SMARTS) is 1. The largest absolute Gasteiger partial charge is 0.480 e. The van der Waals surface area contributed by atoms with Gasteiger partial charge in [-0.15, -0.1) is 0 Å². The molecule has 1 atom stereocenters. The van der Waals surface area contributed by atoms with Crippen molar-refractivity contribution in [3.05, 3.63) is 30.1 Å². The highest BCUT2D eigenvalue weighted by molar-refractivity contribution is 5.98. The van der Waals surface area contributed by atoms with Gasteiger partial charge < -0.3 is 9.84 Å². The molecule has 5 heteroatoms. The first-order valence-electron chi connectivity index (χ1n) is 4.71. The lowest BCUT2D eigenvalue weighted by Gasteiger charge is -2.21. The van der Waals surface area contributed by atoms with Crippen LogP contribution in [0.25, 0.3) is 0 Å². The molecule has 0 aliphatic heterocycles. The van der Waals surface area contributed by atoms with E-state index in [9.17, 15) is 9.59 Å². The number of nitrogens with zero attached hydrogens (tertiary/aromatic N) is 1. The van der Waals surface area contributed by atoms with Gasteiger partial charge in [0.05, 0.1) is 7.11 Å². The van der Waals surface area contributed by atoms with E-state index in [0.29, 0.717) is 5.56 Å². The number of pyridine rings is 1. The van der Waals surface area contributed by atoms with E-state index in [4.69, 9.17) is 5.11 Å². The van der Waals surface area contributed by atoms with E-state index in [1.54, 1.807) is 18.3 Å². The fourth-order valence-electron chi connectivity index (χ4n) is 1.37. The zero-order valence-corrected chi connectivity index (χ0v) is 9.14. The molecular formula is C11H13NO4. The molecule has 5 nitrogen and oxygen atoms in total. The Kier molecular flexibility index (Phi) is 3.60. The molecule has 0 aliphatic carbocycles. The van der Waals surface area contributed by atoms with Crippen LogP contribution in [0.1, 0.15) is 12.5 Å². The Morgan fingerprint density at radius 1 is 1.56 bits per heavy atom. The third-order valence-corrected chi connectivity index (χ3v) is 2.39. The maximum Gasteiger partial charge on any atom is 0.323 e. The molecule has 1 N–H and O–H groups in total. The molecule has 0 saturated carbocycles. The predicted octanol–water partition coefficient (Wildman–Crippen LogP) is 0.888. The summed E-state index contributed by atoms with van der Waals surface area (Å²) < 4.78 is 4.51. The second-order valence-corrected chi connectivity index (χ2v) is 3.67. The van der Waals surface area contributed by atoms with Crippen LogP contribution >= 0.6 is 0 Å². The van der Waals surface area contributed by atoms with Crippen LogP contribution in [0.2, 0.25) is 0 Å². The number of hydrogen-bond acceptors (Lipinski definition) is 4. The Morgan fingerprint density at radius 2 is 2.25 bits per heavy atom. The van der Waals surface area contributed by atoms with Crippen molar-refractivity contribution in [2.45, 2.75) is 13.3 Å². The first-order valence-corrected chi connectivity index (χ1v) is 4.71. The highest BCUT2D eigenvalue weighted by Gasteiger charge is 2.42. The van der Waals surface area contributed by atoms with E-state index in [2.05, 4.69) is 9.72 Å². The van der Waals surface area contributed by atoms with Crippen molar-refractivity contribution < 1.29 is 19.4 Å². The lowest BCUT2D eigenvalue weighted by atomic mass is 9.84. The van der Waals surface area contributed by atoms with Crippen LogP contribution in [-0.2, 0) is 20.7 Å². The lowest BCUT2D eigenvalue weighted by molar-refractivity contribution is -0.165. The smallest absolute Gasteiger partial charge is 0.323 e. The molecule has 0 radical (unpaired) electrons. The van der Waals surface area contributed by atoms with Crippen LogP contribution in [0.4, 0.5) is 0 Å². The van der Waals surface area contributed by atoms with Gasteiger partial charge >= 0.3 is 11.9 Å². The molecule has 1 aromatic rings. The van der Waals surface area contributed by atoms with Crippen LogP contribution in [0.3, 0.4) is 0 Å². The van der Waals surface area contributed by atoms with E-state index >= 15 is 0 Å². The summed E-state index contributed by atoms with van der Waals surface area (Å²) in [6.07, 6.45) is 3.17. The number of esters is 1. The summed E-state index contributed by atoms with van der Waals surface area (Å²) in [6.45, 7) is 1.34. The van der Waals surface area contributed by atoms with Crippen molar-refractivity contribution in [1.82, 2.24) is 4.98 Å². The highest BCUT2D eigenvalue weighted by atomic mass is 16.5. The number of carboxylic acids is 1. The Bertz CT molecular complexity index is 390. The zero-order chi connectivity index (χ0) is 12.2. The van der Waals surface area contributed by atoms with Crippen LogP contribution in [0, 0.1) is 5.41 Å². The summed E-state index contributed by atoms with van der Waals surface area (Å²) in [5.41, 5.74) is -0.893. The van der Waals surface area contributed by atoms with Crippen molar-refractivity contribution in [3.8, 4) is 0 Å². The fourth-order valence-corrected chi connectivity index (χ4v) is 1.37. The summed E-state index contributed by atoms with van der Waals surface area (Å²) in [5, 5.41) is 9.07. The Morgan fingerprint density at radius 3 is 2.69 bits per heavy atom. The molecule has 1 aromatic heterocycles. The summed E-state index contributed by atoms with van der Waals surface area (Å²) in [7, 11) is 1.17. The highest BCUT2D eigenvalue weighted by Crippen LogP contribution is 2.24. The molecule has 1 heterocycles. The maximum absolute atomic E-state index is 11.5. The van der Waals surface area contributed by atoms with Gasteiger partial charge in [-0.3, -0.25) is 14.6 Å². The van der Waals surface area contributed by atoms with Gasteiger partial charge in [-0.05, 0) is 18.6 Å². The molecule has 0 spiro atoms.